The van der Waals surface area contributed by atoms with Gasteiger partial charge in [0, 0.05) is 17.8 Å². The zero-order valence-electron chi connectivity index (χ0n) is 19.1. The number of aliphatic imine (C=N–C) groups is 2. The molecule has 0 aromatic heterocycles. The van der Waals surface area contributed by atoms with E-state index in [9.17, 15) is 13.5 Å². The van der Waals surface area contributed by atoms with Gasteiger partial charge >= 0.3 is 0 Å². The molecule has 0 aliphatic carbocycles. The Morgan fingerprint density at radius 1 is 1.18 bits per heavy atom. The molecule has 1 aliphatic heterocycles. The van der Waals surface area contributed by atoms with Gasteiger partial charge in [-0.3, -0.25) is 5.41 Å². The van der Waals surface area contributed by atoms with E-state index in [1.807, 2.05) is 19.0 Å². The monoisotopic (exact) mass is 482 g/mol. The van der Waals surface area contributed by atoms with E-state index in [-0.39, 0.29) is 39.7 Å². The van der Waals surface area contributed by atoms with Gasteiger partial charge in [-0.1, -0.05) is 12.1 Å². The molecule has 0 bridgehead atoms. The van der Waals surface area contributed by atoms with E-state index >= 15 is 0 Å². The summed E-state index contributed by atoms with van der Waals surface area (Å²) in [5, 5.41) is 21.7. The minimum atomic E-state index is -3.40. The van der Waals surface area contributed by atoms with Crippen molar-refractivity contribution < 1.29 is 18.3 Å². The van der Waals surface area contributed by atoms with Crippen molar-refractivity contribution in [3.8, 4) is 5.75 Å². The molecule has 1 heterocycles. The predicted octanol–water partition coefficient (Wildman–Crippen LogP) is 2.37. The first kappa shape index (κ1) is 24.8. The Kier molecular flexibility index (Phi) is 7.59. The van der Waals surface area contributed by atoms with E-state index < -0.39 is 9.84 Å². The third-order valence-corrected chi connectivity index (χ3v) is 6.60. The SMILES string of the molecule is C=NC(=N)C(N=C(C)c1ccc(S(=O)(=O)CCN(C)C)cc1)=C1NN=C(c2ccc(O)cc2)O1. The molecule has 0 atom stereocenters. The van der Waals surface area contributed by atoms with Crippen LogP contribution in [0.25, 0.3) is 0 Å². The van der Waals surface area contributed by atoms with Crippen molar-refractivity contribution >= 4 is 34.0 Å². The van der Waals surface area contributed by atoms with Crippen LogP contribution >= 0.6 is 0 Å². The summed E-state index contributed by atoms with van der Waals surface area (Å²) < 4.78 is 30.7. The number of nitrogens with one attached hydrogen (secondary N) is 2. The average molecular weight is 483 g/mol. The Labute approximate surface area is 198 Å². The maximum atomic E-state index is 12.5. The number of hydrazone groups is 1. The Morgan fingerprint density at radius 3 is 2.41 bits per heavy atom. The highest BCUT2D eigenvalue weighted by atomic mass is 32.2. The zero-order chi connectivity index (χ0) is 24.9. The van der Waals surface area contributed by atoms with Crippen LogP contribution in [0.2, 0.25) is 0 Å². The molecule has 0 saturated carbocycles. The van der Waals surface area contributed by atoms with Gasteiger partial charge in [0.15, 0.2) is 21.4 Å². The maximum absolute atomic E-state index is 12.5. The number of ether oxygens (including phenoxy) is 1. The minimum Gasteiger partial charge on any atom is -0.508 e. The first-order chi connectivity index (χ1) is 16.1. The number of phenolic OH excluding ortho intramolecular Hbond substituents is 1. The van der Waals surface area contributed by atoms with Gasteiger partial charge in [-0.25, -0.2) is 23.8 Å². The molecule has 0 amide bonds. The molecule has 11 heteroatoms. The maximum Gasteiger partial charge on any atom is 0.245 e. The molecule has 1 aliphatic rings. The topological polar surface area (TPSA) is 140 Å². The molecule has 3 N–H and O–H groups in total. The summed E-state index contributed by atoms with van der Waals surface area (Å²) in [5.41, 5.74) is 4.58. The molecule has 3 rings (SSSR count). The van der Waals surface area contributed by atoms with Crippen LogP contribution in [0.5, 0.6) is 5.75 Å². The molecule has 0 unspecified atom stereocenters. The number of benzene rings is 2. The molecule has 0 spiro atoms. The van der Waals surface area contributed by atoms with Gasteiger partial charge in [-0.2, -0.15) is 0 Å². The second-order valence-corrected chi connectivity index (χ2v) is 9.82. The molecule has 2 aromatic carbocycles. The van der Waals surface area contributed by atoms with E-state index in [4.69, 9.17) is 10.1 Å². The second kappa shape index (κ2) is 10.4. The number of rotatable bonds is 8. The van der Waals surface area contributed by atoms with Crippen LogP contribution < -0.4 is 5.43 Å². The second-order valence-electron chi connectivity index (χ2n) is 7.71. The lowest BCUT2D eigenvalue weighted by Gasteiger charge is -2.11. The van der Waals surface area contributed by atoms with E-state index in [1.54, 1.807) is 43.3 Å². The van der Waals surface area contributed by atoms with Gasteiger partial charge in [0.25, 0.3) is 0 Å². The van der Waals surface area contributed by atoms with Crippen molar-refractivity contribution in [2.75, 3.05) is 26.4 Å². The van der Waals surface area contributed by atoms with Crippen molar-refractivity contribution in [2.24, 2.45) is 15.1 Å². The lowest BCUT2D eigenvalue weighted by molar-refractivity contribution is 0.412. The standard InChI is InChI=1S/C23H26N6O4S/c1-15(16-7-11-19(12-8-16)34(31,32)14-13-29(3)4)26-20(21(24)25-2)23-28-27-22(33-23)17-5-9-18(30)10-6-17/h5-12,24,28,30H,2,13-14H2,1,3-4H3. The molecule has 34 heavy (non-hydrogen) atoms. The number of hydrogen-bond donors (Lipinski definition) is 3. The summed E-state index contributed by atoms with van der Waals surface area (Å²) in [7, 11) is 0.247. The molecule has 178 valence electrons. The van der Waals surface area contributed by atoms with E-state index in [1.165, 1.54) is 12.1 Å². The van der Waals surface area contributed by atoms with Gasteiger partial charge in [-0.15, -0.1) is 5.10 Å². The number of hydrogen-bond acceptors (Lipinski definition) is 9. The Bertz CT molecular complexity index is 1280. The summed E-state index contributed by atoms with van der Waals surface area (Å²) in [5.74, 6) is 0.247. The predicted molar refractivity (Wildman–Crippen MR) is 132 cm³/mol. The van der Waals surface area contributed by atoms with Crippen molar-refractivity contribution in [3.05, 3.63) is 71.2 Å². The van der Waals surface area contributed by atoms with Crippen molar-refractivity contribution in [1.29, 1.82) is 5.41 Å². The van der Waals surface area contributed by atoms with Crippen LogP contribution in [0.4, 0.5) is 0 Å². The molecule has 0 radical (unpaired) electrons. The van der Waals surface area contributed by atoms with Gasteiger partial charge in [0.05, 0.1) is 10.6 Å². The van der Waals surface area contributed by atoms with Crippen molar-refractivity contribution in [1.82, 2.24) is 10.3 Å². The van der Waals surface area contributed by atoms with Crippen molar-refractivity contribution in [3.63, 3.8) is 0 Å². The largest absolute Gasteiger partial charge is 0.508 e. The Balaban J connectivity index is 1.85. The van der Waals surface area contributed by atoms with E-state index in [0.717, 1.165) is 0 Å². The van der Waals surface area contributed by atoms with Crippen LogP contribution in [0.1, 0.15) is 18.1 Å². The number of sulfone groups is 1. The first-order valence-electron chi connectivity index (χ1n) is 10.2. The number of phenols is 1. The van der Waals surface area contributed by atoms with Gasteiger partial charge < -0.3 is 14.7 Å². The minimum absolute atomic E-state index is 0.0250. The van der Waals surface area contributed by atoms with Crippen LogP contribution in [-0.4, -0.2) is 69.0 Å². The summed E-state index contributed by atoms with van der Waals surface area (Å²) in [6.07, 6.45) is 0. The fourth-order valence-electron chi connectivity index (χ4n) is 2.92. The lowest BCUT2D eigenvalue weighted by Crippen LogP contribution is -2.22. The number of nitrogens with zero attached hydrogens (tertiary/aromatic N) is 4. The average Bonchev–Trinajstić information content (AvgIpc) is 3.31. The molecular weight excluding hydrogens is 456 g/mol. The number of aromatic hydroxyl groups is 1. The Morgan fingerprint density at radius 2 is 1.82 bits per heavy atom. The van der Waals surface area contributed by atoms with Gasteiger partial charge in [0.1, 0.15) is 5.75 Å². The summed E-state index contributed by atoms with van der Waals surface area (Å²) in [6, 6.07) is 12.7. The molecular formula is C23H26N6O4S. The highest BCUT2D eigenvalue weighted by molar-refractivity contribution is 7.91. The normalized spacial score (nSPS) is 15.4. The zero-order valence-corrected chi connectivity index (χ0v) is 19.9. The van der Waals surface area contributed by atoms with Crippen LogP contribution in [0.15, 0.2) is 80.1 Å². The highest BCUT2D eigenvalue weighted by Gasteiger charge is 2.22. The number of amidine groups is 1. The molecule has 0 fully saturated rings. The van der Waals surface area contributed by atoms with E-state index in [0.29, 0.717) is 23.4 Å². The highest BCUT2D eigenvalue weighted by Crippen LogP contribution is 2.20. The van der Waals surface area contributed by atoms with Crippen LogP contribution in [-0.2, 0) is 14.6 Å². The summed E-state index contributed by atoms with van der Waals surface area (Å²) in [6.45, 7) is 5.55. The fraction of sp³-hybridized carbons (Fsp3) is 0.217. The van der Waals surface area contributed by atoms with Gasteiger partial charge in [0.2, 0.25) is 11.8 Å². The summed E-state index contributed by atoms with van der Waals surface area (Å²) in [4.78, 5) is 10.2. The van der Waals surface area contributed by atoms with Crippen LogP contribution in [0, 0.1) is 5.41 Å². The fourth-order valence-corrected chi connectivity index (χ4v) is 4.31. The Hall–Kier alpha value is -3.83. The van der Waals surface area contributed by atoms with Crippen molar-refractivity contribution in [2.45, 2.75) is 11.8 Å². The molecule has 2 aromatic rings. The lowest BCUT2D eigenvalue weighted by atomic mass is 10.1. The smallest absolute Gasteiger partial charge is 0.245 e. The van der Waals surface area contributed by atoms with E-state index in [2.05, 4.69) is 27.2 Å². The third kappa shape index (κ3) is 5.94. The first-order valence-corrected chi connectivity index (χ1v) is 11.9. The molecule has 0 saturated heterocycles. The molecule has 10 nitrogen and oxygen atoms in total. The quantitative estimate of drug-likeness (QED) is 0.390. The van der Waals surface area contributed by atoms with Crippen LogP contribution in [0.3, 0.4) is 0 Å². The third-order valence-electron chi connectivity index (χ3n) is 4.89. The van der Waals surface area contributed by atoms with Gasteiger partial charge in [-0.05, 0) is 69.7 Å². The summed E-state index contributed by atoms with van der Waals surface area (Å²) >= 11 is 0.